The molecule has 0 aromatic heterocycles. The van der Waals surface area contributed by atoms with E-state index in [1.165, 1.54) is 26.2 Å². The van der Waals surface area contributed by atoms with Crippen molar-refractivity contribution in [3.05, 3.63) is 83.7 Å². The number of hydrogen-bond acceptors (Lipinski definition) is 4. The molecule has 7 heteroatoms. The molecule has 0 saturated carbocycles. The van der Waals surface area contributed by atoms with Crippen molar-refractivity contribution in [3.63, 3.8) is 0 Å². The fourth-order valence-corrected chi connectivity index (χ4v) is 3.61. The van der Waals surface area contributed by atoms with E-state index in [1.807, 2.05) is 42.5 Å². The Hall–Kier alpha value is -3.74. The van der Waals surface area contributed by atoms with E-state index in [0.29, 0.717) is 5.56 Å². The van der Waals surface area contributed by atoms with Crippen LogP contribution in [0.5, 0.6) is 0 Å². The van der Waals surface area contributed by atoms with E-state index in [1.54, 1.807) is 12.1 Å². The molecule has 0 unspecified atom stereocenters. The van der Waals surface area contributed by atoms with Gasteiger partial charge in [-0.25, -0.2) is 9.18 Å². The summed E-state index contributed by atoms with van der Waals surface area (Å²) in [6.07, 6.45) is 0.372. The molecule has 2 atom stereocenters. The van der Waals surface area contributed by atoms with Crippen LogP contribution in [0, 0.1) is 5.82 Å². The Morgan fingerprint density at radius 2 is 1.56 bits per heavy atom. The lowest BCUT2D eigenvalue weighted by Gasteiger charge is -2.22. The number of benzene rings is 3. The van der Waals surface area contributed by atoms with Gasteiger partial charge < -0.3 is 15.4 Å². The Kier molecular flexibility index (Phi) is 7.54. The minimum atomic E-state index is -0.942. The highest BCUT2D eigenvalue weighted by Gasteiger charge is 2.27. The first-order chi connectivity index (χ1) is 15.4. The summed E-state index contributed by atoms with van der Waals surface area (Å²) in [5, 5.41) is 7.31. The lowest BCUT2D eigenvalue weighted by atomic mass is 9.98. The number of methoxy groups -OCH3 is 1. The molecule has 0 bridgehead atoms. The molecule has 6 nitrogen and oxygen atoms in total. The molecule has 2 N–H and O–H groups in total. The lowest BCUT2D eigenvalue weighted by molar-refractivity contribution is -0.145. The van der Waals surface area contributed by atoms with Crippen LogP contribution in [0.4, 0.5) is 4.39 Å². The van der Waals surface area contributed by atoms with Crippen molar-refractivity contribution in [2.45, 2.75) is 31.8 Å². The van der Waals surface area contributed by atoms with Crippen molar-refractivity contribution in [2.75, 3.05) is 7.11 Å². The quantitative estimate of drug-likeness (QED) is 0.532. The van der Waals surface area contributed by atoms with Gasteiger partial charge in [-0.05, 0) is 34.0 Å². The van der Waals surface area contributed by atoms with Gasteiger partial charge in [0.05, 0.1) is 7.11 Å². The number of amides is 2. The summed E-state index contributed by atoms with van der Waals surface area (Å²) < 4.78 is 18.1. The van der Waals surface area contributed by atoms with Crippen molar-refractivity contribution < 1.29 is 23.5 Å². The molecule has 0 aliphatic rings. The first kappa shape index (κ1) is 22.9. The molecule has 0 aliphatic carbocycles. The maximum absolute atomic E-state index is 13.2. The van der Waals surface area contributed by atoms with Crippen LogP contribution in [0.3, 0.4) is 0 Å². The van der Waals surface area contributed by atoms with Crippen LogP contribution in [0.2, 0.25) is 0 Å². The van der Waals surface area contributed by atoms with E-state index in [0.717, 1.165) is 16.3 Å². The molecule has 0 heterocycles. The highest BCUT2D eigenvalue weighted by Crippen LogP contribution is 2.20. The third kappa shape index (κ3) is 5.91. The van der Waals surface area contributed by atoms with Gasteiger partial charge in [0.25, 0.3) is 0 Å². The normalized spacial score (nSPS) is 12.6. The average molecular weight is 436 g/mol. The van der Waals surface area contributed by atoms with Gasteiger partial charge in [-0.1, -0.05) is 54.6 Å². The zero-order valence-corrected chi connectivity index (χ0v) is 17.9. The summed E-state index contributed by atoms with van der Waals surface area (Å²) in [5.74, 6) is -1.90. The molecule has 32 heavy (non-hydrogen) atoms. The van der Waals surface area contributed by atoms with Crippen molar-refractivity contribution in [3.8, 4) is 0 Å². The number of rotatable bonds is 8. The SMILES string of the molecule is COC(=O)[C@@H](Cc1cccc2ccccc12)NC(=O)[C@@H](Cc1ccc(F)cc1)NC(C)=O. The third-order valence-electron chi connectivity index (χ3n) is 5.15. The number of ether oxygens (including phenoxy) is 1. The predicted octanol–water partition coefficient (Wildman–Crippen LogP) is 2.93. The number of carbonyl (C=O) groups is 3. The summed E-state index contributed by atoms with van der Waals surface area (Å²) in [7, 11) is 1.26. The Morgan fingerprint density at radius 3 is 2.25 bits per heavy atom. The van der Waals surface area contributed by atoms with Gasteiger partial charge >= 0.3 is 5.97 Å². The number of esters is 1. The minimum absolute atomic E-state index is 0.147. The third-order valence-corrected chi connectivity index (χ3v) is 5.15. The van der Waals surface area contributed by atoms with Gasteiger partial charge in [0, 0.05) is 19.8 Å². The highest BCUT2D eigenvalue weighted by molar-refractivity contribution is 5.91. The van der Waals surface area contributed by atoms with Crippen LogP contribution in [0.1, 0.15) is 18.1 Å². The molecule has 3 rings (SSSR count). The first-order valence-corrected chi connectivity index (χ1v) is 10.2. The molecule has 3 aromatic rings. The van der Waals surface area contributed by atoms with Crippen LogP contribution in [0.15, 0.2) is 66.7 Å². The number of carbonyl (C=O) groups excluding carboxylic acids is 3. The van der Waals surface area contributed by atoms with Crippen molar-refractivity contribution in [2.24, 2.45) is 0 Å². The number of halogens is 1. The van der Waals surface area contributed by atoms with E-state index in [-0.39, 0.29) is 12.8 Å². The van der Waals surface area contributed by atoms with Crippen molar-refractivity contribution in [1.82, 2.24) is 10.6 Å². The molecule has 3 aromatic carbocycles. The summed E-state index contributed by atoms with van der Waals surface area (Å²) >= 11 is 0. The van der Waals surface area contributed by atoms with E-state index >= 15 is 0 Å². The number of nitrogens with one attached hydrogen (secondary N) is 2. The predicted molar refractivity (Wildman–Crippen MR) is 119 cm³/mol. The highest BCUT2D eigenvalue weighted by atomic mass is 19.1. The van der Waals surface area contributed by atoms with Crippen LogP contribution in [0.25, 0.3) is 10.8 Å². The van der Waals surface area contributed by atoms with Crippen LogP contribution < -0.4 is 10.6 Å². The monoisotopic (exact) mass is 436 g/mol. The minimum Gasteiger partial charge on any atom is -0.467 e. The molecule has 0 spiro atoms. The molecule has 166 valence electrons. The number of fused-ring (bicyclic) bond motifs is 1. The van der Waals surface area contributed by atoms with E-state index in [9.17, 15) is 18.8 Å². The lowest BCUT2D eigenvalue weighted by Crippen LogP contribution is -2.53. The van der Waals surface area contributed by atoms with Crippen LogP contribution in [-0.4, -0.2) is 37.0 Å². The fourth-order valence-electron chi connectivity index (χ4n) is 3.61. The van der Waals surface area contributed by atoms with Gasteiger partial charge in [0.2, 0.25) is 11.8 Å². The molecular formula is C25H25FN2O4. The van der Waals surface area contributed by atoms with Crippen LogP contribution >= 0.6 is 0 Å². The molecule has 0 radical (unpaired) electrons. The molecule has 0 aliphatic heterocycles. The Balaban J connectivity index is 1.81. The van der Waals surface area contributed by atoms with Crippen molar-refractivity contribution in [1.29, 1.82) is 0 Å². The van der Waals surface area contributed by atoms with E-state index in [2.05, 4.69) is 10.6 Å². The molecule has 0 fully saturated rings. The van der Waals surface area contributed by atoms with Crippen LogP contribution in [-0.2, 0) is 32.0 Å². The summed E-state index contributed by atoms with van der Waals surface area (Å²) in [4.78, 5) is 37.2. The summed E-state index contributed by atoms with van der Waals surface area (Å²) in [6.45, 7) is 1.30. The van der Waals surface area contributed by atoms with Crippen molar-refractivity contribution >= 4 is 28.6 Å². The van der Waals surface area contributed by atoms with Gasteiger partial charge in [0.1, 0.15) is 17.9 Å². The maximum Gasteiger partial charge on any atom is 0.328 e. The van der Waals surface area contributed by atoms with Gasteiger partial charge in [-0.15, -0.1) is 0 Å². The van der Waals surface area contributed by atoms with E-state index in [4.69, 9.17) is 4.74 Å². The second kappa shape index (κ2) is 10.5. The standard InChI is InChI=1S/C25H25FN2O4/c1-16(29)27-22(14-17-10-12-20(26)13-11-17)24(30)28-23(25(31)32-2)15-19-8-5-7-18-6-3-4-9-21(18)19/h3-13,22-23H,14-15H2,1-2H3,(H,27,29)(H,28,30)/t22-,23-/m1/s1. The zero-order chi connectivity index (χ0) is 23.1. The first-order valence-electron chi connectivity index (χ1n) is 10.2. The second-order valence-corrected chi connectivity index (χ2v) is 7.51. The molecule has 2 amide bonds. The Labute approximate surface area is 185 Å². The van der Waals surface area contributed by atoms with Gasteiger partial charge in [-0.2, -0.15) is 0 Å². The molecular weight excluding hydrogens is 411 g/mol. The zero-order valence-electron chi connectivity index (χ0n) is 17.9. The smallest absolute Gasteiger partial charge is 0.328 e. The number of hydrogen-bond donors (Lipinski definition) is 2. The second-order valence-electron chi connectivity index (χ2n) is 7.51. The van der Waals surface area contributed by atoms with Gasteiger partial charge in [-0.3, -0.25) is 9.59 Å². The largest absolute Gasteiger partial charge is 0.467 e. The maximum atomic E-state index is 13.2. The molecule has 0 saturated heterocycles. The fraction of sp³-hybridized carbons (Fsp3) is 0.240. The average Bonchev–Trinajstić information content (AvgIpc) is 2.79. The van der Waals surface area contributed by atoms with Gasteiger partial charge in [0.15, 0.2) is 0 Å². The topological polar surface area (TPSA) is 84.5 Å². The summed E-state index contributed by atoms with van der Waals surface area (Å²) in [6, 6.07) is 17.3. The van der Waals surface area contributed by atoms with E-state index < -0.39 is 35.7 Å². The Morgan fingerprint density at radius 1 is 0.875 bits per heavy atom. The Bertz CT molecular complexity index is 1110. The summed E-state index contributed by atoms with van der Waals surface area (Å²) in [5.41, 5.74) is 1.55.